The zero-order valence-electron chi connectivity index (χ0n) is 16.7. The lowest BCUT2D eigenvalue weighted by atomic mass is 9.99. The Morgan fingerprint density at radius 3 is 2.10 bits per heavy atom. The number of anilines is 3. The second-order valence-corrected chi connectivity index (χ2v) is 9.65. The summed E-state index contributed by atoms with van der Waals surface area (Å²) in [7, 11) is -3.68. The van der Waals surface area contributed by atoms with E-state index in [1.807, 2.05) is 24.3 Å². The van der Waals surface area contributed by atoms with Gasteiger partial charge in [-0.1, -0.05) is 6.92 Å². The largest absolute Gasteiger partial charge is 0.372 e. The third-order valence-corrected chi connectivity index (χ3v) is 7.20. The highest BCUT2D eigenvalue weighted by Gasteiger charge is 2.22. The minimum absolute atomic E-state index is 0.0852. The number of piperidine rings is 1. The highest BCUT2D eigenvalue weighted by atomic mass is 32.2. The maximum Gasteiger partial charge on any atom is 0.261 e. The van der Waals surface area contributed by atoms with Crippen LogP contribution < -0.4 is 14.5 Å². The van der Waals surface area contributed by atoms with E-state index in [0.717, 1.165) is 36.8 Å². The van der Waals surface area contributed by atoms with Crippen LogP contribution in [0.3, 0.4) is 0 Å². The van der Waals surface area contributed by atoms with Crippen molar-refractivity contribution in [3.63, 3.8) is 0 Å². The quantitative estimate of drug-likeness (QED) is 0.808. The summed E-state index contributed by atoms with van der Waals surface area (Å²) in [5.41, 5.74) is 2.41. The Bertz CT molecular complexity index is 963. The van der Waals surface area contributed by atoms with Crippen LogP contribution in [-0.4, -0.2) is 34.0 Å². The second-order valence-electron chi connectivity index (χ2n) is 7.96. The van der Waals surface area contributed by atoms with E-state index < -0.39 is 10.0 Å². The van der Waals surface area contributed by atoms with Gasteiger partial charge in [0.1, 0.15) is 0 Å². The minimum Gasteiger partial charge on any atom is -0.372 e. The van der Waals surface area contributed by atoms with Crippen molar-refractivity contribution in [1.82, 2.24) is 0 Å². The first-order valence-corrected chi connectivity index (χ1v) is 11.7. The monoisotopic (exact) mass is 413 g/mol. The van der Waals surface area contributed by atoms with Crippen molar-refractivity contribution in [3.05, 3.63) is 48.5 Å². The molecule has 0 aromatic heterocycles. The SMILES string of the molecule is CC1CCN(c2ccc(NS(=O)(=O)c3ccc(N4CCCC4=O)cc3)cc2)CC1. The van der Waals surface area contributed by atoms with Gasteiger partial charge in [0.15, 0.2) is 0 Å². The molecule has 0 unspecified atom stereocenters. The van der Waals surface area contributed by atoms with E-state index in [-0.39, 0.29) is 10.8 Å². The zero-order chi connectivity index (χ0) is 20.4. The third kappa shape index (κ3) is 4.40. The molecule has 0 spiro atoms. The zero-order valence-corrected chi connectivity index (χ0v) is 17.5. The number of hydrogen-bond donors (Lipinski definition) is 1. The molecule has 1 amide bonds. The molecular formula is C22H27N3O3S. The van der Waals surface area contributed by atoms with Gasteiger partial charge in [0, 0.05) is 43.1 Å². The van der Waals surface area contributed by atoms with E-state index in [2.05, 4.69) is 16.5 Å². The lowest BCUT2D eigenvalue weighted by Gasteiger charge is -2.32. The topological polar surface area (TPSA) is 69.7 Å². The average Bonchev–Trinajstić information content (AvgIpc) is 3.15. The van der Waals surface area contributed by atoms with Crippen molar-refractivity contribution in [2.75, 3.05) is 34.2 Å². The van der Waals surface area contributed by atoms with Crippen LogP contribution in [0.5, 0.6) is 0 Å². The van der Waals surface area contributed by atoms with Crippen LogP contribution in [0.4, 0.5) is 17.1 Å². The Balaban J connectivity index is 1.43. The maximum absolute atomic E-state index is 12.7. The summed E-state index contributed by atoms with van der Waals surface area (Å²) in [6.45, 7) is 5.05. The highest BCUT2D eigenvalue weighted by Crippen LogP contribution is 2.26. The first-order chi connectivity index (χ1) is 13.9. The van der Waals surface area contributed by atoms with Crippen LogP contribution in [0, 0.1) is 5.92 Å². The predicted octanol–water partition coefficient (Wildman–Crippen LogP) is 3.85. The molecule has 0 saturated carbocycles. The van der Waals surface area contributed by atoms with Crippen molar-refractivity contribution >= 4 is 33.0 Å². The first-order valence-electron chi connectivity index (χ1n) is 10.2. The van der Waals surface area contributed by atoms with Gasteiger partial charge in [0.05, 0.1) is 4.90 Å². The summed E-state index contributed by atoms with van der Waals surface area (Å²) in [5, 5.41) is 0. The van der Waals surface area contributed by atoms with Gasteiger partial charge in [-0.25, -0.2) is 8.42 Å². The van der Waals surface area contributed by atoms with Crippen LogP contribution in [0.2, 0.25) is 0 Å². The van der Waals surface area contributed by atoms with Crippen LogP contribution in [0.1, 0.15) is 32.6 Å². The average molecular weight is 414 g/mol. The Labute approximate surface area is 172 Å². The molecule has 0 radical (unpaired) electrons. The molecule has 0 bridgehead atoms. The summed E-state index contributed by atoms with van der Waals surface area (Å²) in [6, 6.07) is 14.0. The highest BCUT2D eigenvalue weighted by molar-refractivity contribution is 7.92. The van der Waals surface area contributed by atoms with Crippen molar-refractivity contribution in [2.45, 2.75) is 37.5 Å². The van der Waals surface area contributed by atoms with Crippen LogP contribution in [0.15, 0.2) is 53.4 Å². The normalized spacial score (nSPS) is 18.3. The first kappa shape index (κ1) is 19.8. The Hall–Kier alpha value is -2.54. The molecule has 154 valence electrons. The number of sulfonamides is 1. The molecule has 2 aliphatic rings. The number of benzene rings is 2. The van der Waals surface area contributed by atoms with E-state index in [0.29, 0.717) is 18.7 Å². The molecule has 2 saturated heterocycles. The third-order valence-electron chi connectivity index (χ3n) is 5.80. The molecule has 6 nitrogen and oxygen atoms in total. The Kier molecular flexibility index (Phi) is 5.50. The standard InChI is InChI=1S/C22H27N3O3S/c1-17-12-15-24(16-13-17)19-6-4-18(5-7-19)23-29(27,28)21-10-8-20(9-11-21)25-14-2-3-22(25)26/h4-11,17,23H,2-3,12-16H2,1H3. The maximum atomic E-state index is 12.7. The summed E-state index contributed by atoms with van der Waals surface area (Å²) in [5.74, 6) is 0.856. The predicted molar refractivity (Wildman–Crippen MR) is 116 cm³/mol. The van der Waals surface area contributed by atoms with Gasteiger partial charge in [-0.3, -0.25) is 9.52 Å². The second kappa shape index (κ2) is 8.06. The van der Waals surface area contributed by atoms with Crippen molar-refractivity contribution in [3.8, 4) is 0 Å². The van der Waals surface area contributed by atoms with Gasteiger partial charge in [0.2, 0.25) is 5.91 Å². The van der Waals surface area contributed by atoms with Gasteiger partial charge in [-0.2, -0.15) is 0 Å². The van der Waals surface area contributed by atoms with Crippen LogP contribution in [-0.2, 0) is 14.8 Å². The lowest BCUT2D eigenvalue weighted by molar-refractivity contribution is -0.117. The Morgan fingerprint density at radius 2 is 1.52 bits per heavy atom. The number of carbonyl (C=O) groups excluding carboxylic acids is 1. The van der Waals surface area contributed by atoms with Gasteiger partial charge >= 0.3 is 0 Å². The van der Waals surface area contributed by atoms with Gasteiger partial charge < -0.3 is 9.80 Å². The van der Waals surface area contributed by atoms with E-state index in [1.165, 1.54) is 12.8 Å². The fourth-order valence-corrected chi connectivity index (χ4v) is 5.01. The van der Waals surface area contributed by atoms with Gasteiger partial charge in [-0.05, 0) is 73.7 Å². The van der Waals surface area contributed by atoms with Gasteiger partial charge in [0.25, 0.3) is 10.0 Å². The van der Waals surface area contributed by atoms with Gasteiger partial charge in [-0.15, -0.1) is 0 Å². The van der Waals surface area contributed by atoms with Crippen molar-refractivity contribution in [1.29, 1.82) is 0 Å². The fourth-order valence-electron chi connectivity index (χ4n) is 3.95. The summed E-state index contributed by atoms with van der Waals surface area (Å²) >= 11 is 0. The number of carbonyl (C=O) groups is 1. The molecule has 7 heteroatoms. The molecule has 0 atom stereocenters. The van der Waals surface area contributed by atoms with E-state index in [1.54, 1.807) is 29.2 Å². The minimum atomic E-state index is -3.68. The van der Waals surface area contributed by atoms with Crippen LogP contribution >= 0.6 is 0 Å². The number of hydrogen-bond acceptors (Lipinski definition) is 4. The molecular weight excluding hydrogens is 386 g/mol. The number of amides is 1. The smallest absolute Gasteiger partial charge is 0.261 e. The van der Waals surface area contributed by atoms with Crippen molar-refractivity contribution in [2.24, 2.45) is 5.92 Å². The van der Waals surface area contributed by atoms with Crippen molar-refractivity contribution < 1.29 is 13.2 Å². The van der Waals surface area contributed by atoms with E-state index in [9.17, 15) is 13.2 Å². The lowest BCUT2D eigenvalue weighted by Crippen LogP contribution is -2.32. The summed E-state index contributed by atoms with van der Waals surface area (Å²) in [6.07, 6.45) is 3.77. The fraction of sp³-hybridized carbons (Fsp3) is 0.409. The molecule has 29 heavy (non-hydrogen) atoms. The molecule has 0 aliphatic carbocycles. The molecule has 2 aromatic carbocycles. The van der Waals surface area contributed by atoms with E-state index >= 15 is 0 Å². The molecule has 2 aliphatic heterocycles. The molecule has 2 aromatic rings. The van der Waals surface area contributed by atoms with Crippen LogP contribution in [0.25, 0.3) is 0 Å². The number of rotatable bonds is 5. The molecule has 2 heterocycles. The molecule has 4 rings (SSSR count). The summed E-state index contributed by atoms with van der Waals surface area (Å²) < 4.78 is 28.1. The summed E-state index contributed by atoms with van der Waals surface area (Å²) in [4.78, 5) is 16.1. The molecule has 2 fully saturated rings. The Morgan fingerprint density at radius 1 is 0.897 bits per heavy atom. The van der Waals surface area contributed by atoms with E-state index in [4.69, 9.17) is 0 Å². The number of nitrogens with zero attached hydrogens (tertiary/aromatic N) is 2. The molecule has 1 N–H and O–H groups in total. The number of nitrogens with one attached hydrogen (secondary N) is 1.